The minimum absolute atomic E-state index is 0.0830. The molecule has 0 radical (unpaired) electrons. The van der Waals surface area contributed by atoms with E-state index < -0.39 is 21.9 Å². The quantitative estimate of drug-likeness (QED) is 0.323. The number of carboxylic acids is 1. The molecule has 0 bridgehead atoms. The van der Waals surface area contributed by atoms with Crippen molar-refractivity contribution in [3.8, 4) is 11.1 Å². The normalized spacial score (nSPS) is 11.3. The molecule has 0 fully saturated rings. The Kier molecular flexibility index (Phi) is 5.79. The van der Waals surface area contributed by atoms with Crippen LogP contribution < -0.4 is 10.0 Å². The van der Waals surface area contributed by atoms with Crippen molar-refractivity contribution in [1.29, 1.82) is 0 Å². The van der Waals surface area contributed by atoms with E-state index in [4.69, 9.17) is 11.6 Å². The van der Waals surface area contributed by atoms with Gasteiger partial charge in [0, 0.05) is 27.7 Å². The number of nitrogens with zero attached hydrogens (tertiary/aromatic N) is 1. The van der Waals surface area contributed by atoms with Gasteiger partial charge in [0.2, 0.25) is 10.0 Å². The molecule has 4 N–H and O–H groups in total. The van der Waals surface area contributed by atoms with E-state index in [9.17, 15) is 23.1 Å². The number of sulfonamides is 1. The van der Waals surface area contributed by atoms with Gasteiger partial charge in [-0.25, -0.2) is 18.2 Å². The number of aromatic nitrogens is 2. The van der Waals surface area contributed by atoms with E-state index in [1.54, 1.807) is 36.4 Å². The first kappa shape index (κ1) is 22.3. The Morgan fingerprint density at radius 3 is 2.58 bits per heavy atom. The SMILES string of the molecule is CS(=O)(=O)Nc1ccc2cc(C(=O)Nc3cc(-c4cc(C(=O)O)ccc4Cl)ccn3)[nH]c2c1. The van der Waals surface area contributed by atoms with Crippen molar-refractivity contribution >= 4 is 55.9 Å². The maximum absolute atomic E-state index is 12.8. The van der Waals surface area contributed by atoms with Crippen LogP contribution in [0.5, 0.6) is 0 Å². The number of anilines is 2. The van der Waals surface area contributed by atoms with Gasteiger partial charge in [-0.15, -0.1) is 0 Å². The number of hydrogen-bond donors (Lipinski definition) is 4. The highest BCUT2D eigenvalue weighted by molar-refractivity contribution is 7.92. The summed E-state index contributed by atoms with van der Waals surface area (Å²) in [6, 6.07) is 14.1. The molecule has 2 heterocycles. The number of amides is 1. The molecule has 0 saturated heterocycles. The first-order valence-electron chi connectivity index (χ1n) is 9.50. The molecular formula is C22H17ClN4O5S. The lowest BCUT2D eigenvalue weighted by molar-refractivity contribution is 0.0696. The summed E-state index contributed by atoms with van der Waals surface area (Å²) in [5.74, 6) is -1.30. The number of benzene rings is 2. The molecule has 168 valence electrons. The molecule has 0 aliphatic heterocycles. The number of nitrogens with one attached hydrogen (secondary N) is 3. The summed E-state index contributed by atoms with van der Waals surface area (Å²) in [5, 5.41) is 13.0. The van der Waals surface area contributed by atoms with Gasteiger partial charge < -0.3 is 15.4 Å². The maximum atomic E-state index is 12.8. The third-order valence-electron chi connectivity index (χ3n) is 4.70. The van der Waals surface area contributed by atoms with Crippen LogP contribution in [0.25, 0.3) is 22.0 Å². The van der Waals surface area contributed by atoms with Crippen molar-refractivity contribution in [2.24, 2.45) is 0 Å². The van der Waals surface area contributed by atoms with Crippen LogP contribution in [0, 0.1) is 0 Å². The van der Waals surface area contributed by atoms with Crippen molar-refractivity contribution in [3.63, 3.8) is 0 Å². The molecule has 4 rings (SSSR count). The molecule has 0 aliphatic rings. The topological polar surface area (TPSA) is 141 Å². The average molecular weight is 485 g/mol. The molecule has 0 saturated carbocycles. The van der Waals surface area contributed by atoms with Crippen molar-refractivity contribution in [1.82, 2.24) is 9.97 Å². The number of hydrogen-bond acceptors (Lipinski definition) is 5. The zero-order chi connectivity index (χ0) is 23.8. The van der Waals surface area contributed by atoms with Gasteiger partial charge in [0.1, 0.15) is 11.5 Å². The van der Waals surface area contributed by atoms with Crippen molar-refractivity contribution in [3.05, 3.63) is 77.1 Å². The van der Waals surface area contributed by atoms with Gasteiger partial charge in [-0.05, 0) is 54.1 Å². The highest BCUT2D eigenvalue weighted by Gasteiger charge is 2.14. The van der Waals surface area contributed by atoms with E-state index in [0.29, 0.717) is 27.4 Å². The molecular weight excluding hydrogens is 468 g/mol. The smallest absolute Gasteiger partial charge is 0.335 e. The molecule has 1 amide bonds. The van der Waals surface area contributed by atoms with E-state index in [-0.39, 0.29) is 17.1 Å². The monoisotopic (exact) mass is 484 g/mol. The van der Waals surface area contributed by atoms with Gasteiger partial charge in [0.05, 0.1) is 17.5 Å². The number of halogens is 1. The Bertz CT molecular complexity index is 1510. The van der Waals surface area contributed by atoms with Crippen molar-refractivity contribution in [2.45, 2.75) is 0 Å². The standard InChI is InChI=1S/C22H17ClN4O5S/c1-33(31,32)27-15-4-2-13-9-19(25-18(13)11-15)21(28)26-20-10-12(6-7-24-20)16-8-14(22(29)30)3-5-17(16)23/h2-11,25,27H,1H3,(H,29,30)(H,24,26,28). The van der Waals surface area contributed by atoms with Gasteiger partial charge in [0.15, 0.2) is 0 Å². The summed E-state index contributed by atoms with van der Waals surface area (Å²) in [6.07, 6.45) is 2.53. The van der Waals surface area contributed by atoms with E-state index in [1.807, 2.05) is 0 Å². The lowest BCUT2D eigenvalue weighted by Gasteiger charge is -2.08. The molecule has 4 aromatic rings. The van der Waals surface area contributed by atoms with Crippen LogP contribution in [0.2, 0.25) is 5.02 Å². The van der Waals surface area contributed by atoms with E-state index in [2.05, 4.69) is 20.0 Å². The molecule has 9 nitrogen and oxygen atoms in total. The highest BCUT2D eigenvalue weighted by atomic mass is 35.5. The third-order valence-corrected chi connectivity index (χ3v) is 5.63. The zero-order valence-corrected chi connectivity index (χ0v) is 18.7. The van der Waals surface area contributed by atoms with Gasteiger partial charge in [-0.3, -0.25) is 9.52 Å². The lowest BCUT2D eigenvalue weighted by Crippen LogP contribution is -2.13. The molecule has 0 spiro atoms. The number of carbonyl (C=O) groups excluding carboxylic acids is 1. The lowest BCUT2D eigenvalue weighted by atomic mass is 10.0. The molecule has 11 heteroatoms. The minimum Gasteiger partial charge on any atom is -0.478 e. The van der Waals surface area contributed by atoms with Gasteiger partial charge in [-0.2, -0.15) is 0 Å². The predicted molar refractivity (Wildman–Crippen MR) is 126 cm³/mol. The largest absolute Gasteiger partial charge is 0.478 e. The minimum atomic E-state index is -3.43. The second kappa shape index (κ2) is 8.57. The van der Waals surface area contributed by atoms with Crippen LogP contribution in [0.3, 0.4) is 0 Å². The number of aromatic amines is 1. The summed E-state index contributed by atoms with van der Waals surface area (Å²) < 4.78 is 25.2. The Morgan fingerprint density at radius 2 is 1.85 bits per heavy atom. The van der Waals surface area contributed by atoms with Crippen LogP contribution in [-0.4, -0.2) is 41.6 Å². The maximum Gasteiger partial charge on any atom is 0.335 e. The molecule has 2 aromatic heterocycles. The zero-order valence-electron chi connectivity index (χ0n) is 17.1. The fourth-order valence-electron chi connectivity index (χ4n) is 3.26. The van der Waals surface area contributed by atoms with Crippen LogP contribution in [0.1, 0.15) is 20.8 Å². The Morgan fingerprint density at radius 1 is 1.06 bits per heavy atom. The number of pyridine rings is 1. The number of H-pyrrole nitrogens is 1. The molecule has 0 unspecified atom stereocenters. The fraction of sp³-hybridized carbons (Fsp3) is 0.0455. The van der Waals surface area contributed by atoms with Crippen molar-refractivity contribution in [2.75, 3.05) is 16.3 Å². The molecule has 0 atom stereocenters. The third kappa shape index (κ3) is 5.13. The summed E-state index contributed by atoms with van der Waals surface area (Å²) in [4.78, 5) is 31.1. The van der Waals surface area contributed by atoms with Crippen LogP contribution in [0.4, 0.5) is 11.5 Å². The van der Waals surface area contributed by atoms with Crippen LogP contribution >= 0.6 is 11.6 Å². The predicted octanol–water partition coefficient (Wildman–Crippen LogP) is 4.21. The van der Waals surface area contributed by atoms with Gasteiger partial charge >= 0.3 is 5.97 Å². The number of carbonyl (C=O) groups is 2. The first-order chi connectivity index (χ1) is 15.6. The second-order valence-corrected chi connectivity index (χ2v) is 9.40. The van der Waals surface area contributed by atoms with E-state index in [0.717, 1.165) is 11.6 Å². The highest BCUT2D eigenvalue weighted by Crippen LogP contribution is 2.30. The second-order valence-electron chi connectivity index (χ2n) is 7.24. The molecule has 2 aromatic carbocycles. The summed E-state index contributed by atoms with van der Waals surface area (Å²) in [7, 11) is -3.43. The first-order valence-corrected chi connectivity index (χ1v) is 11.8. The van der Waals surface area contributed by atoms with Crippen LogP contribution in [-0.2, 0) is 10.0 Å². The van der Waals surface area contributed by atoms with Crippen molar-refractivity contribution < 1.29 is 23.1 Å². The number of aromatic carboxylic acids is 1. The number of carboxylic acid groups (broad SMARTS) is 1. The number of rotatable bonds is 6. The van der Waals surface area contributed by atoms with Gasteiger partial charge in [-0.1, -0.05) is 17.7 Å². The Balaban J connectivity index is 1.59. The summed E-state index contributed by atoms with van der Waals surface area (Å²) >= 11 is 6.24. The van der Waals surface area contributed by atoms with Crippen LogP contribution in [0.15, 0.2) is 60.8 Å². The Hall–Kier alpha value is -3.89. The summed E-state index contributed by atoms with van der Waals surface area (Å²) in [6.45, 7) is 0. The Labute approximate surface area is 193 Å². The molecule has 33 heavy (non-hydrogen) atoms. The van der Waals surface area contributed by atoms with Gasteiger partial charge in [0.25, 0.3) is 5.91 Å². The van der Waals surface area contributed by atoms with E-state index >= 15 is 0 Å². The average Bonchev–Trinajstić information content (AvgIpc) is 3.16. The number of fused-ring (bicyclic) bond motifs is 1. The fourth-order valence-corrected chi connectivity index (χ4v) is 4.04. The summed E-state index contributed by atoms with van der Waals surface area (Å²) in [5.41, 5.74) is 2.35. The van der Waals surface area contributed by atoms with E-state index in [1.165, 1.54) is 24.4 Å². The molecule has 0 aliphatic carbocycles.